The normalized spacial score (nSPS) is 15.2. The molecule has 1 aliphatic rings. The zero-order chi connectivity index (χ0) is 21.6. The van der Waals surface area contributed by atoms with Crippen molar-refractivity contribution in [2.24, 2.45) is 4.99 Å². The van der Waals surface area contributed by atoms with Crippen molar-refractivity contribution in [1.82, 2.24) is 25.4 Å². The molecule has 3 aromatic rings. The molecule has 1 saturated heterocycles. The Labute approximate surface area is 188 Å². The smallest absolute Gasteiger partial charge is 0.191 e. The van der Waals surface area contributed by atoms with Gasteiger partial charge in [-0.1, -0.05) is 17.7 Å². The minimum absolute atomic E-state index is 0.393. The summed E-state index contributed by atoms with van der Waals surface area (Å²) in [6.45, 7) is 4.69. The largest absolute Gasteiger partial charge is 0.356 e. The number of rotatable bonds is 5. The molecule has 7 nitrogen and oxygen atoms in total. The fourth-order valence-corrected chi connectivity index (χ4v) is 3.79. The van der Waals surface area contributed by atoms with Crippen molar-refractivity contribution >= 4 is 23.4 Å². The molecule has 2 aromatic heterocycles. The summed E-state index contributed by atoms with van der Waals surface area (Å²) in [7, 11) is 1.80. The fraction of sp³-hybridized carbons (Fsp3) is 0.348. The van der Waals surface area contributed by atoms with Crippen molar-refractivity contribution in [2.45, 2.75) is 32.4 Å². The van der Waals surface area contributed by atoms with E-state index in [4.69, 9.17) is 11.6 Å². The predicted octanol–water partition coefficient (Wildman–Crippen LogP) is 3.56. The topological polar surface area (TPSA) is 70.4 Å². The van der Waals surface area contributed by atoms with E-state index in [1.54, 1.807) is 7.05 Å². The average Bonchev–Trinajstić information content (AvgIpc) is 3.27. The Morgan fingerprint density at radius 2 is 1.90 bits per heavy atom. The Morgan fingerprint density at radius 3 is 2.58 bits per heavy atom. The molecular formula is C23H28ClN7. The highest BCUT2D eigenvalue weighted by Crippen LogP contribution is 2.18. The van der Waals surface area contributed by atoms with Gasteiger partial charge in [-0.2, -0.15) is 5.10 Å². The monoisotopic (exact) mass is 437 g/mol. The van der Waals surface area contributed by atoms with Gasteiger partial charge in [0.05, 0.1) is 11.9 Å². The third kappa shape index (κ3) is 5.55. The van der Waals surface area contributed by atoms with E-state index in [1.165, 1.54) is 5.56 Å². The number of anilines is 1. The average molecular weight is 438 g/mol. The van der Waals surface area contributed by atoms with Crippen LogP contribution in [-0.2, 0) is 6.54 Å². The summed E-state index contributed by atoms with van der Waals surface area (Å²) in [6.07, 6.45) is 7.90. The van der Waals surface area contributed by atoms with Crippen LogP contribution < -0.4 is 15.5 Å². The number of aromatic nitrogens is 3. The number of hydrogen-bond acceptors (Lipinski definition) is 4. The second kappa shape index (κ2) is 9.83. The Morgan fingerprint density at radius 1 is 1.13 bits per heavy atom. The predicted molar refractivity (Wildman–Crippen MR) is 126 cm³/mol. The van der Waals surface area contributed by atoms with E-state index in [0.29, 0.717) is 17.6 Å². The number of nitrogens with zero attached hydrogens (tertiary/aromatic N) is 5. The molecule has 1 fully saturated rings. The molecule has 0 bridgehead atoms. The quantitative estimate of drug-likeness (QED) is 0.471. The van der Waals surface area contributed by atoms with Crippen molar-refractivity contribution < 1.29 is 0 Å². The van der Waals surface area contributed by atoms with E-state index in [0.717, 1.165) is 49.0 Å². The Hall–Kier alpha value is -3.06. The van der Waals surface area contributed by atoms with Gasteiger partial charge < -0.3 is 15.5 Å². The minimum atomic E-state index is 0.393. The van der Waals surface area contributed by atoms with Crippen molar-refractivity contribution in [3.63, 3.8) is 0 Å². The zero-order valence-corrected chi connectivity index (χ0v) is 18.7. The molecule has 0 spiro atoms. The summed E-state index contributed by atoms with van der Waals surface area (Å²) in [6, 6.07) is 12.2. The van der Waals surface area contributed by atoms with Crippen LogP contribution in [0, 0.1) is 6.92 Å². The highest BCUT2D eigenvalue weighted by molar-refractivity contribution is 6.30. The number of aliphatic imine (C=N–C) groups is 1. The van der Waals surface area contributed by atoms with Crippen molar-refractivity contribution in [3.8, 4) is 5.69 Å². The van der Waals surface area contributed by atoms with E-state index >= 15 is 0 Å². The van der Waals surface area contributed by atoms with Crippen LogP contribution in [0.3, 0.4) is 0 Å². The van der Waals surface area contributed by atoms with Crippen LogP contribution in [0.1, 0.15) is 24.0 Å². The van der Waals surface area contributed by atoms with Gasteiger partial charge in [0.15, 0.2) is 5.96 Å². The first kappa shape index (κ1) is 21.2. The number of piperidine rings is 1. The lowest BCUT2D eigenvalue weighted by molar-refractivity contribution is 0.459. The van der Waals surface area contributed by atoms with Gasteiger partial charge in [-0.15, -0.1) is 0 Å². The molecule has 2 N–H and O–H groups in total. The zero-order valence-electron chi connectivity index (χ0n) is 17.9. The van der Waals surface area contributed by atoms with Gasteiger partial charge in [0, 0.05) is 55.7 Å². The van der Waals surface area contributed by atoms with Crippen LogP contribution in [0.2, 0.25) is 5.02 Å². The molecule has 0 saturated carbocycles. The lowest BCUT2D eigenvalue weighted by atomic mass is 10.1. The maximum Gasteiger partial charge on any atom is 0.191 e. The molecule has 0 radical (unpaired) electrons. The molecule has 0 unspecified atom stereocenters. The van der Waals surface area contributed by atoms with Crippen molar-refractivity contribution in [2.75, 3.05) is 25.0 Å². The SMILES string of the molecule is CN=C(NCc1cnn(-c2ccc(Cl)cc2)c1)NC1CCN(c2ccc(C)cn2)CC1. The first-order valence-corrected chi connectivity index (χ1v) is 10.9. The van der Waals surface area contributed by atoms with E-state index < -0.39 is 0 Å². The van der Waals surface area contributed by atoms with Crippen LogP contribution in [-0.4, -0.2) is 46.9 Å². The van der Waals surface area contributed by atoms with Crippen LogP contribution in [0.15, 0.2) is 60.0 Å². The van der Waals surface area contributed by atoms with E-state index in [2.05, 4.69) is 49.7 Å². The summed E-state index contributed by atoms with van der Waals surface area (Å²) >= 11 is 5.96. The number of pyridine rings is 1. The second-order valence-corrected chi connectivity index (χ2v) is 8.23. The van der Waals surface area contributed by atoms with E-state index in [9.17, 15) is 0 Å². The molecule has 3 heterocycles. The van der Waals surface area contributed by atoms with Gasteiger partial charge in [-0.25, -0.2) is 9.67 Å². The van der Waals surface area contributed by atoms with Gasteiger partial charge in [0.25, 0.3) is 0 Å². The highest BCUT2D eigenvalue weighted by Gasteiger charge is 2.20. The Balaban J connectivity index is 1.26. The van der Waals surface area contributed by atoms with E-state index in [1.807, 2.05) is 47.5 Å². The molecule has 0 amide bonds. The minimum Gasteiger partial charge on any atom is -0.356 e. The van der Waals surface area contributed by atoms with Crippen LogP contribution in [0.25, 0.3) is 5.69 Å². The highest BCUT2D eigenvalue weighted by atomic mass is 35.5. The summed E-state index contributed by atoms with van der Waals surface area (Å²) in [5.41, 5.74) is 3.25. The lowest BCUT2D eigenvalue weighted by Gasteiger charge is -2.33. The number of benzene rings is 1. The molecule has 4 rings (SSSR count). The van der Waals surface area contributed by atoms with Gasteiger partial charge in [-0.05, 0) is 55.7 Å². The molecule has 162 valence electrons. The maximum absolute atomic E-state index is 5.96. The Bertz CT molecular complexity index is 1000. The molecule has 31 heavy (non-hydrogen) atoms. The van der Waals surface area contributed by atoms with Crippen LogP contribution in [0.4, 0.5) is 5.82 Å². The maximum atomic E-state index is 5.96. The summed E-state index contributed by atoms with van der Waals surface area (Å²) in [4.78, 5) is 11.3. The third-order valence-electron chi connectivity index (χ3n) is 5.47. The number of aryl methyl sites for hydroxylation is 1. The molecule has 0 aliphatic carbocycles. The Kier molecular flexibility index (Phi) is 6.72. The summed E-state index contributed by atoms with van der Waals surface area (Å²) in [5.74, 6) is 1.87. The molecule has 1 aromatic carbocycles. The van der Waals surface area contributed by atoms with Crippen molar-refractivity contribution in [3.05, 3.63) is 71.1 Å². The van der Waals surface area contributed by atoms with Gasteiger partial charge in [0.2, 0.25) is 0 Å². The van der Waals surface area contributed by atoms with Gasteiger partial charge >= 0.3 is 0 Å². The van der Waals surface area contributed by atoms with Crippen LogP contribution >= 0.6 is 11.6 Å². The second-order valence-electron chi connectivity index (χ2n) is 7.79. The van der Waals surface area contributed by atoms with Crippen LogP contribution in [0.5, 0.6) is 0 Å². The summed E-state index contributed by atoms with van der Waals surface area (Å²) in [5, 5.41) is 12.1. The number of nitrogens with one attached hydrogen (secondary N) is 2. The number of guanidine groups is 1. The molecule has 1 aliphatic heterocycles. The van der Waals surface area contributed by atoms with Crippen molar-refractivity contribution in [1.29, 1.82) is 0 Å². The molecule has 0 atom stereocenters. The standard InChI is InChI=1S/C23H28ClN7/c1-17-3-8-22(26-13-17)30-11-9-20(10-12-30)29-23(25-2)27-14-18-15-28-31(16-18)21-6-4-19(24)5-7-21/h3-8,13,15-16,20H,9-12,14H2,1-2H3,(H2,25,27,29). The summed E-state index contributed by atoms with van der Waals surface area (Å²) < 4.78 is 1.85. The van der Waals surface area contributed by atoms with Gasteiger partial charge in [-0.3, -0.25) is 4.99 Å². The first-order valence-electron chi connectivity index (χ1n) is 10.5. The number of hydrogen-bond donors (Lipinski definition) is 2. The third-order valence-corrected chi connectivity index (χ3v) is 5.72. The molecule has 8 heteroatoms. The lowest BCUT2D eigenvalue weighted by Crippen LogP contribution is -2.48. The first-order chi connectivity index (χ1) is 15.1. The fourth-order valence-electron chi connectivity index (χ4n) is 3.66. The number of halogens is 1. The molecular weight excluding hydrogens is 410 g/mol. The van der Waals surface area contributed by atoms with Gasteiger partial charge in [0.1, 0.15) is 5.82 Å². The van der Waals surface area contributed by atoms with E-state index in [-0.39, 0.29) is 0 Å².